The Morgan fingerprint density at radius 1 is 1.25 bits per heavy atom. The molecule has 112 valence electrons. The molecule has 1 amide bonds. The van der Waals surface area contributed by atoms with Crippen molar-refractivity contribution in [2.45, 2.75) is 6.42 Å². The molecule has 0 spiro atoms. The molecule has 0 radical (unpaired) electrons. The molecule has 1 aromatic rings. The SMILES string of the molecule is COCCCN(CCOC)C(=O)c1ccc(Cl)cc1Br. The van der Waals surface area contributed by atoms with Crippen molar-refractivity contribution in [3.8, 4) is 0 Å². The number of halogens is 2. The lowest BCUT2D eigenvalue weighted by molar-refractivity contribution is 0.0673. The summed E-state index contributed by atoms with van der Waals surface area (Å²) >= 11 is 9.27. The van der Waals surface area contributed by atoms with Crippen molar-refractivity contribution in [3.63, 3.8) is 0 Å². The highest BCUT2D eigenvalue weighted by Gasteiger charge is 2.17. The molecule has 0 aliphatic carbocycles. The zero-order valence-corrected chi connectivity index (χ0v) is 14.0. The summed E-state index contributed by atoms with van der Waals surface area (Å²) in [7, 11) is 3.27. The van der Waals surface area contributed by atoms with Crippen molar-refractivity contribution in [1.29, 1.82) is 0 Å². The van der Waals surface area contributed by atoms with Gasteiger partial charge in [0.1, 0.15) is 0 Å². The van der Waals surface area contributed by atoms with Gasteiger partial charge in [0.05, 0.1) is 12.2 Å². The monoisotopic (exact) mass is 363 g/mol. The van der Waals surface area contributed by atoms with E-state index in [1.807, 2.05) is 0 Å². The molecule has 20 heavy (non-hydrogen) atoms. The fourth-order valence-electron chi connectivity index (χ4n) is 1.75. The summed E-state index contributed by atoms with van der Waals surface area (Å²) in [5, 5.41) is 0.594. The zero-order chi connectivity index (χ0) is 15.0. The van der Waals surface area contributed by atoms with Gasteiger partial charge in [0.25, 0.3) is 5.91 Å². The van der Waals surface area contributed by atoms with Crippen LogP contribution in [-0.4, -0.2) is 51.3 Å². The van der Waals surface area contributed by atoms with Crippen LogP contribution in [-0.2, 0) is 9.47 Å². The Balaban J connectivity index is 2.79. The molecule has 0 aliphatic heterocycles. The van der Waals surface area contributed by atoms with Crippen LogP contribution in [0.15, 0.2) is 22.7 Å². The minimum Gasteiger partial charge on any atom is -0.385 e. The minimum atomic E-state index is -0.0401. The Bertz CT molecular complexity index is 442. The molecular weight excluding hydrogens is 346 g/mol. The predicted molar refractivity (Wildman–Crippen MR) is 83.4 cm³/mol. The van der Waals surface area contributed by atoms with E-state index in [0.717, 1.165) is 6.42 Å². The Labute approximate surface area is 133 Å². The van der Waals surface area contributed by atoms with Gasteiger partial charge in [0, 0.05) is 43.4 Å². The van der Waals surface area contributed by atoms with E-state index in [2.05, 4.69) is 15.9 Å². The molecule has 4 nitrogen and oxygen atoms in total. The first-order valence-corrected chi connectivity index (χ1v) is 7.49. The Morgan fingerprint density at radius 3 is 2.55 bits per heavy atom. The molecule has 0 saturated carbocycles. The van der Waals surface area contributed by atoms with E-state index in [-0.39, 0.29) is 5.91 Å². The maximum Gasteiger partial charge on any atom is 0.255 e. The summed E-state index contributed by atoms with van der Waals surface area (Å²) in [5.41, 5.74) is 0.600. The third kappa shape index (κ3) is 5.40. The van der Waals surface area contributed by atoms with Crippen LogP contribution in [0.4, 0.5) is 0 Å². The van der Waals surface area contributed by atoms with Crippen LogP contribution in [0, 0.1) is 0 Å². The van der Waals surface area contributed by atoms with Crippen molar-refractivity contribution in [2.24, 2.45) is 0 Å². The lowest BCUT2D eigenvalue weighted by atomic mass is 10.2. The standard InChI is InChI=1S/C14H19BrClNO3/c1-19-8-3-6-17(7-9-20-2)14(18)12-5-4-11(16)10-13(12)15/h4-5,10H,3,6-9H2,1-2H3. The summed E-state index contributed by atoms with van der Waals surface area (Å²) in [6, 6.07) is 5.16. The smallest absolute Gasteiger partial charge is 0.255 e. The quantitative estimate of drug-likeness (QED) is 0.665. The van der Waals surface area contributed by atoms with Crippen LogP contribution in [0.2, 0.25) is 5.02 Å². The molecule has 6 heteroatoms. The number of carbonyl (C=O) groups is 1. The first kappa shape index (κ1) is 17.4. The van der Waals surface area contributed by atoms with Gasteiger partial charge in [-0.25, -0.2) is 0 Å². The molecule has 0 atom stereocenters. The minimum absolute atomic E-state index is 0.0401. The molecule has 1 aromatic carbocycles. The van der Waals surface area contributed by atoms with Gasteiger partial charge in [0.2, 0.25) is 0 Å². The van der Waals surface area contributed by atoms with Crippen LogP contribution in [0.5, 0.6) is 0 Å². The summed E-state index contributed by atoms with van der Waals surface area (Å²) in [6.45, 7) is 2.31. The second-order valence-corrected chi connectivity index (χ2v) is 5.55. The maximum absolute atomic E-state index is 12.5. The van der Waals surface area contributed by atoms with Crippen molar-refractivity contribution >= 4 is 33.4 Å². The maximum atomic E-state index is 12.5. The summed E-state index contributed by atoms with van der Waals surface area (Å²) < 4.78 is 10.8. The number of hydrogen-bond donors (Lipinski definition) is 0. The first-order valence-electron chi connectivity index (χ1n) is 6.32. The van der Waals surface area contributed by atoms with Gasteiger partial charge in [-0.3, -0.25) is 4.79 Å². The fourth-order valence-corrected chi connectivity index (χ4v) is 2.60. The molecule has 0 fully saturated rings. The van der Waals surface area contributed by atoms with Crippen LogP contribution in [0.3, 0.4) is 0 Å². The number of carbonyl (C=O) groups excluding carboxylic acids is 1. The van der Waals surface area contributed by atoms with E-state index in [4.69, 9.17) is 21.1 Å². The largest absolute Gasteiger partial charge is 0.385 e. The van der Waals surface area contributed by atoms with Crippen molar-refractivity contribution in [1.82, 2.24) is 4.90 Å². The molecule has 0 bridgehead atoms. The highest BCUT2D eigenvalue weighted by atomic mass is 79.9. The van der Waals surface area contributed by atoms with Gasteiger partial charge in [0.15, 0.2) is 0 Å². The second kappa shape index (κ2) is 9.34. The van der Waals surface area contributed by atoms with E-state index in [9.17, 15) is 4.79 Å². The average molecular weight is 365 g/mol. The van der Waals surface area contributed by atoms with Crippen molar-refractivity contribution < 1.29 is 14.3 Å². The third-order valence-corrected chi connectivity index (χ3v) is 3.68. The van der Waals surface area contributed by atoms with E-state index < -0.39 is 0 Å². The number of rotatable bonds is 8. The number of benzene rings is 1. The van der Waals surface area contributed by atoms with Gasteiger partial charge >= 0.3 is 0 Å². The lowest BCUT2D eigenvalue weighted by Gasteiger charge is -2.23. The number of nitrogens with zero attached hydrogens (tertiary/aromatic N) is 1. The van der Waals surface area contributed by atoms with E-state index in [0.29, 0.717) is 41.4 Å². The fraction of sp³-hybridized carbons (Fsp3) is 0.500. The number of ether oxygens (including phenoxy) is 2. The predicted octanol–water partition coefficient (Wildman–Crippen LogP) is 3.23. The zero-order valence-electron chi connectivity index (χ0n) is 11.7. The Kier molecular flexibility index (Phi) is 8.14. The van der Waals surface area contributed by atoms with Gasteiger partial charge in [-0.2, -0.15) is 0 Å². The molecule has 0 saturated heterocycles. The topological polar surface area (TPSA) is 38.8 Å². The first-order chi connectivity index (χ1) is 9.60. The summed E-state index contributed by atoms with van der Waals surface area (Å²) in [6.07, 6.45) is 0.789. The molecule has 1 rings (SSSR count). The van der Waals surface area contributed by atoms with Gasteiger partial charge in [-0.15, -0.1) is 0 Å². The number of methoxy groups -OCH3 is 2. The van der Waals surface area contributed by atoms with Crippen molar-refractivity contribution in [2.75, 3.05) is 40.5 Å². The van der Waals surface area contributed by atoms with E-state index in [1.165, 1.54) is 0 Å². The Hall–Kier alpha value is -0.620. The third-order valence-electron chi connectivity index (χ3n) is 2.79. The van der Waals surface area contributed by atoms with E-state index in [1.54, 1.807) is 37.3 Å². The molecule has 0 aliphatic rings. The van der Waals surface area contributed by atoms with Crippen LogP contribution in [0.1, 0.15) is 16.8 Å². The molecular formula is C14H19BrClNO3. The lowest BCUT2D eigenvalue weighted by Crippen LogP contribution is -2.35. The molecule has 0 N–H and O–H groups in total. The van der Waals surface area contributed by atoms with Crippen molar-refractivity contribution in [3.05, 3.63) is 33.3 Å². The summed E-state index contributed by atoms with van der Waals surface area (Å²) in [5.74, 6) is -0.0401. The number of hydrogen-bond acceptors (Lipinski definition) is 3. The normalized spacial score (nSPS) is 10.6. The van der Waals surface area contributed by atoms with Gasteiger partial charge < -0.3 is 14.4 Å². The Morgan fingerprint density at radius 2 is 1.95 bits per heavy atom. The molecule has 0 heterocycles. The molecule has 0 aromatic heterocycles. The van der Waals surface area contributed by atoms with E-state index >= 15 is 0 Å². The second-order valence-electron chi connectivity index (χ2n) is 4.26. The summed E-state index contributed by atoms with van der Waals surface area (Å²) in [4.78, 5) is 14.3. The van der Waals surface area contributed by atoms with Crippen LogP contribution in [0.25, 0.3) is 0 Å². The van der Waals surface area contributed by atoms with Gasteiger partial charge in [-0.1, -0.05) is 11.6 Å². The van der Waals surface area contributed by atoms with Gasteiger partial charge in [-0.05, 0) is 40.5 Å². The highest BCUT2D eigenvalue weighted by Crippen LogP contribution is 2.23. The average Bonchev–Trinajstić information content (AvgIpc) is 2.42. The molecule has 0 unspecified atom stereocenters. The van der Waals surface area contributed by atoms with Crippen LogP contribution < -0.4 is 0 Å². The highest BCUT2D eigenvalue weighted by molar-refractivity contribution is 9.10. The van der Waals surface area contributed by atoms with Crippen LogP contribution >= 0.6 is 27.5 Å². The number of amides is 1.